The number of carbonyl (C=O) groups is 3. The van der Waals surface area contributed by atoms with E-state index in [1.165, 1.54) is 0 Å². The van der Waals surface area contributed by atoms with Crippen LogP contribution in [-0.4, -0.2) is 23.8 Å². The van der Waals surface area contributed by atoms with Gasteiger partial charge in [0.2, 0.25) is 5.91 Å². The van der Waals surface area contributed by atoms with Gasteiger partial charge in [0, 0.05) is 17.2 Å². The molecule has 2 aromatic rings. The van der Waals surface area contributed by atoms with E-state index in [0.29, 0.717) is 17.0 Å². The molecule has 0 spiro atoms. The van der Waals surface area contributed by atoms with Gasteiger partial charge in [-0.2, -0.15) is 0 Å². The summed E-state index contributed by atoms with van der Waals surface area (Å²) >= 11 is 0. The number of ether oxygens (including phenoxy) is 1. The van der Waals surface area contributed by atoms with Crippen molar-refractivity contribution in [1.29, 1.82) is 0 Å². The van der Waals surface area contributed by atoms with Gasteiger partial charge in [-0.3, -0.25) is 25.2 Å². The first-order valence-corrected chi connectivity index (χ1v) is 8.76. The number of amides is 3. The van der Waals surface area contributed by atoms with E-state index in [2.05, 4.69) is 16.2 Å². The third-order valence-electron chi connectivity index (χ3n) is 4.09. The van der Waals surface area contributed by atoms with Gasteiger partial charge in [0.1, 0.15) is 5.75 Å². The number of hydrogen-bond acceptors (Lipinski definition) is 4. The number of nitrogens with one attached hydrogen (secondary N) is 3. The lowest BCUT2D eigenvalue weighted by Crippen LogP contribution is -2.47. The summed E-state index contributed by atoms with van der Waals surface area (Å²) in [6, 6.07) is 15.4. The van der Waals surface area contributed by atoms with Crippen molar-refractivity contribution in [3.05, 3.63) is 60.2 Å². The summed E-state index contributed by atoms with van der Waals surface area (Å²) in [4.78, 5) is 35.9. The van der Waals surface area contributed by atoms with E-state index >= 15 is 0 Å². The Balaban J connectivity index is 1.46. The summed E-state index contributed by atoms with van der Waals surface area (Å²) in [7, 11) is 0. The Morgan fingerprint density at radius 3 is 2.26 bits per heavy atom. The third kappa shape index (κ3) is 5.31. The molecule has 0 aromatic heterocycles. The molecule has 3 amide bonds. The first-order valence-electron chi connectivity index (χ1n) is 8.76. The van der Waals surface area contributed by atoms with Crippen molar-refractivity contribution in [2.75, 3.05) is 5.32 Å². The lowest BCUT2D eigenvalue weighted by atomic mass is 10.2. The molecule has 0 heterocycles. The zero-order valence-corrected chi connectivity index (χ0v) is 14.9. The van der Waals surface area contributed by atoms with Crippen LogP contribution in [0.2, 0.25) is 0 Å². The van der Waals surface area contributed by atoms with Crippen molar-refractivity contribution < 1.29 is 19.1 Å². The summed E-state index contributed by atoms with van der Waals surface area (Å²) in [5.41, 5.74) is 5.68. The number of rotatable bonds is 6. The van der Waals surface area contributed by atoms with Gasteiger partial charge < -0.3 is 10.1 Å². The lowest BCUT2D eigenvalue weighted by molar-refractivity contribution is -0.128. The fourth-order valence-corrected chi connectivity index (χ4v) is 2.34. The standard InChI is InChI=1S/C20H21N3O4/c1-13(27-17-5-3-2-4-6-17)18(24)22-23-20(26)15-9-11-16(12-10-15)21-19(25)14-7-8-14/h2-6,9-14H,7-8H2,1H3,(H,21,25)(H,22,24)(H,23,26). The molecule has 1 aliphatic carbocycles. The molecular formula is C20H21N3O4. The van der Waals surface area contributed by atoms with E-state index in [1.807, 2.05) is 6.07 Å². The van der Waals surface area contributed by atoms with E-state index in [9.17, 15) is 14.4 Å². The summed E-state index contributed by atoms with van der Waals surface area (Å²) in [6.45, 7) is 1.59. The van der Waals surface area contributed by atoms with Gasteiger partial charge in [-0.05, 0) is 56.2 Å². The van der Waals surface area contributed by atoms with Gasteiger partial charge in [-0.1, -0.05) is 18.2 Å². The van der Waals surface area contributed by atoms with E-state index in [0.717, 1.165) is 12.8 Å². The first kappa shape index (κ1) is 18.4. The zero-order chi connectivity index (χ0) is 19.2. The Kier molecular flexibility index (Phi) is 5.71. The second-order valence-corrected chi connectivity index (χ2v) is 6.36. The van der Waals surface area contributed by atoms with Crippen molar-refractivity contribution in [3.63, 3.8) is 0 Å². The van der Waals surface area contributed by atoms with Crippen LogP contribution in [-0.2, 0) is 9.59 Å². The van der Waals surface area contributed by atoms with Gasteiger partial charge in [0.15, 0.2) is 6.10 Å². The highest BCUT2D eigenvalue weighted by molar-refractivity contribution is 5.97. The molecule has 1 atom stereocenters. The topological polar surface area (TPSA) is 96.5 Å². The maximum atomic E-state index is 12.1. The van der Waals surface area contributed by atoms with E-state index in [4.69, 9.17) is 4.74 Å². The first-order chi connectivity index (χ1) is 13.0. The highest BCUT2D eigenvalue weighted by Crippen LogP contribution is 2.30. The molecule has 0 saturated heterocycles. The van der Waals surface area contributed by atoms with Crippen LogP contribution in [0.15, 0.2) is 54.6 Å². The predicted octanol–water partition coefficient (Wildman–Crippen LogP) is 2.26. The number of hydrazine groups is 1. The number of para-hydroxylation sites is 1. The Hall–Kier alpha value is -3.35. The summed E-state index contributed by atoms with van der Waals surface area (Å²) in [5.74, 6) is -0.249. The van der Waals surface area contributed by atoms with Crippen LogP contribution < -0.4 is 20.9 Å². The quantitative estimate of drug-likeness (QED) is 0.683. The molecule has 7 heteroatoms. The normalized spacial score (nSPS) is 14.0. The number of benzene rings is 2. The van der Waals surface area contributed by atoms with E-state index in [-0.39, 0.29) is 11.8 Å². The number of carbonyl (C=O) groups excluding carboxylic acids is 3. The molecule has 7 nitrogen and oxygen atoms in total. The van der Waals surface area contributed by atoms with Crippen molar-refractivity contribution in [2.24, 2.45) is 5.92 Å². The van der Waals surface area contributed by atoms with Crippen molar-refractivity contribution in [1.82, 2.24) is 10.9 Å². The monoisotopic (exact) mass is 367 g/mol. The van der Waals surface area contributed by atoms with E-state index < -0.39 is 17.9 Å². The Labute approximate surface area is 157 Å². The molecule has 1 aliphatic rings. The molecule has 0 bridgehead atoms. The number of anilines is 1. The van der Waals surface area contributed by atoms with Crippen molar-refractivity contribution in [3.8, 4) is 5.75 Å². The molecule has 27 heavy (non-hydrogen) atoms. The molecule has 0 radical (unpaired) electrons. The highest BCUT2D eigenvalue weighted by atomic mass is 16.5. The zero-order valence-electron chi connectivity index (χ0n) is 14.9. The third-order valence-corrected chi connectivity index (χ3v) is 4.09. The van der Waals surface area contributed by atoms with Gasteiger partial charge in [-0.15, -0.1) is 0 Å². The van der Waals surface area contributed by atoms with Gasteiger partial charge >= 0.3 is 0 Å². The van der Waals surface area contributed by atoms with Gasteiger partial charge in [-0.25, -0.2) is 0 Å². The summed E-state index contributed by atoms with van der Waals surface area (Å²) in [6.07, 6.45) is 1.09. The lowest BCUT2D eigenvalue weighted by Gasteiger charge is -2.15. The molecule has 2 aromatic carbocycles. The molecule has 140 valence electrons. The molecular weight excluding hydrogens is 346 g/mol. The Morgan fingerprint density at radius 2 is 1.63 bits per heavy atom. The van der Waals surface area contributed by atoms with Crippen LogP contribution in [0.4, 0.5) is 5.69 Å². The molecule has 3 rings (SSSR count). The summed E-state index contributed by atoms with van der Waals surface area (Å²) in [5, 5.41) is 2.80. The molecule has 1 unspecified atom stereocenters. The van der Waals surface area contributed by atoms with Crippen LogP contribution in [0.25, 0.3) is 0 Å². The van der Waals surface area contributed by atoms with Crippen molar-refractivity contribution in [2.45, 2.75) is 25.9 Å². The van der Waals surface area contributed by atoms with Crippen LogP contribution in [0.5, 0.6) is 5.75 Å². The SMILES string of the molecule is CC(Oc1ccccc1)C(=O)NNC(=O)c1ccc(NC(=O)C2CC2)cc1. The number of hydrogen-bond donors (Lipinski definition) is 3. The van der Waals surface area contributed by atoms with E-state index in [1.54, 1.807) is 55.5 Å². The summed E-state index contributed by atoms with van der Waals surface area (Å²) < 4.78 is 5.49. The van der Waals surface area contributed by atoms with Gasteiger partial charge in [0.05, 0.1) is 0 Å². The Morgan fingerprint density at radius 1 is 0.963 bits per heavy atom. The average Bonchev–Trinajstić information content (AvgIpc) is 3.52. The molecule has 0 aliphatic heterocycles. The highest BCUT2D eigenvalue weighted by Gasteiger charge is 2.29. The molecule has 3 N–H and O–H groups in total. The van der Waals surface area contributed by atoms with Crippen LogP contribution >= 0.6 is 0 Å². The largest absolute Gasteiger partial charge is 0.481 e. The maximum Gasteiger partial charge on any atom is 0.279 e. The minimum absolute atomic E-state index is 0.00636. The maximum absolute atomic E-state index is 12.1. The smallest absolute Gasteiger partial charge is 0.279 e. The van der Waals surface area contributed by atoms with Crippen LogP contribution in [0.3, 0.4) is 0 Å². The fraction of sp³-hybridized carbons (Fsp3) is 0.250. The van der Waals surface area contributed by atoms with Crippen LogP contribution in [0, 0.1) is 5.92 Å². The molecule has 1 saturated carbocycles. The minimum Gasteiger partial charge on any atom is -0.481 e. The second kappa shape index (κ2) is 8.35. The second-order valence-electron chi connectivity index (χ2n) is 6.36. The van der Waals surface area contributed by atoms with Gasteiger partial charge in [0.25, 0.3) is 11.8 Å². The Bertz CT molecular complexity index is 817. The predicted molar refractivity (Wildman–Crippen MR) is 99.9 cm³/mol. The average molecular weight is 367 g/mol. The minimum atomic E-state index is -0.771. The fourth-order valence-electron chi connectivity index (χ4n) is 2.34. The molecule has 1 fully saturated rings. The van der Waals surface area contributed by atoms with Crippen LogP contribution in [0.1, 0.15) is 30.1 Å². The van der Waals surface area contributed by atoms with Crippen molar-refractivity contribution >= 4 is 23.4 Å².